The Hall–Kier alpha value is -1.71. The van der Waals surface area contributed by atoms with Crippen LogP contribution in [0.2, 0.25) is 0 Å². The number of nitro groups is 1. The second kappa shape index (κ2) is 7.50. The van der Waals surface area contributed by atoms with Crippen LogP contribution in [0.5, 0.6) is 0 Å². The van der Waals surface area contributed by atoms with Gasteiger partial charge in [-0.1, -0.05) is 0 Å². The van der Waals surface area contributed by atoms with Crippen molar-refractivity contribution < 1.29 is 23.4 Å². The lowest BCUT2D eigenvalue weighted by Gasteiger charge is -2.43. The molecule has 1 rings (SSSR count). The largest absolute Gasteiger partial charge is 0.598 e. The van der Waals surface area contributed by atoms with Crippen LogP contribution in [0.4, 0.5) is 10.1 Å². The van der Waals surface area contributed by atoms with E-state index >= 15 is 0 Å². The summed E-state index contributed by atoms with van der Waals surface area (Å²) < 4.78 is 34.3. The number of esters is 1. The zero-order valence-electron chi connectivity index (χ0n) is 16.0. The molecule has 0 heterocycles. The van der Waals surface area contributed by atoms with Crippen LogP contribution in [0.1, 0.15) is 47.1 Å². The summed E-state index contributed by atoms with van der Waals surface area (Å²) in [6.45, 7) is 9.63. The van der Waals surface area contributed by atoms with Crippen molar-refractivity contribution in [3.63, 3.8) is 0 Å². The monoisotopic (exact) mass is 388 g/mol. The molecule has 7 nitrogen and oxygen atoms in total. The van der Waals surface area contributed by atoms with E-state index in [0.29, 0.717) is 0 Å². The highest BCUT2D eigenvalue weighted by Crippen LogP contribution is 2.43. The van der Waals surface area contributed by atoms with Gasteiger partial charge in [-0.25, -0.2) is 4.39 Å². The van der Waals surface area contributed by atoms with E-state index in [2.05, 4.69) is 4.72 Å². The Labute approximate surface area is 155 Å². The van der Waals surface area contributed by atoms with E-state index < -0.39 is 43.8 Å². The molecule has 26 heavy (non-hydrogen) atoms. The van der Waals surface area contributed by atoms with Gasteiger partial charge >= 0.3 is 5.97 Å². The Morgan fingerprint density at radius 2 is 1.77 bits per heavy atom. The van der Waals surface area contributed by atoms with Crippen molar-refractivity contribution in [3.8, 4) is 0 Å². The van der Waals surface area contributed by atoms with Crippen LogP contribution < -0.4 is 4.72 Å². The quantitative estimate of drug-likeness (QED) is 0.347. The second-order valence-electron chi connectivity index (χ2n) is 7.65. The smallest absolute Gasteiger partial charge is 0.313 e. The number of hydrogen-bond acceptors (Lipinski definition) is 6. The molecule has 0 bridgehead atoms. The number of halogens is 1. The minimum Gasteiger partial charge on any atom is -0.598 e. The number of nitrogens with zero attached hydrogens (tertiary/aromatic N) is 1. The molecule has 2 atom stereocenters. The minimum atomic E-state index is -1.69. The van der Waals surface area contributed by atoms with Crippen LogP contribution in [0, 0.1) is 21.3 Å². The lowest BCUT2D eigenvalue weighted by molar-refractivity contribution is -0.385. The van der Waals surface area contributed by atoms with Gasteiger partial charge in [-0.05, 0) is 47.6 Å². The van der Waals surface area contributed by atoms with Crippen molar-refractivity contribution in [3.05, 3.63) is 39.7 Å². The number of rotatable bonds is 6. The van der Waals surface area contributed by atoms with E-state index in [-0.39, 0.29) is 11.3 Å². The highest BCUT2D eigenvalue weighted by Gasteiger charge is 2.54. The Kier molecular flexibility index (Phi) is 6.44. The van der Waals surface area contributed by atoms with Gasteiger partial charge in [-0.3, -0.25) is 14.9 Å². The van der Waals surface area contributed by atoms with Gasteiger partial charge in [0, 0.05) is 29.1 Å². The number of methoxy groups -OCH3 is 1. The molecule has 0 amide bonds. The number of carbonyl (C=O) groups excluding carboxylic acids is 1. The Morgan fingerprint density at radius 3 is 2.19 bits per heavy atom. The fourth-order valence-electron chi connectivity index (χ4n) is 2.33. The van der Waals surface area contributed by atoms with Gasteiger partial charge < -0.3 is 9.29 Å². The molecule has 0 aliphatic rings. The van der Waals surface area contributed by atoms with Crippen molar-refractivity contribution >= 4 is 23.0 Å². The molecule has 0 fully saturated rings. The topological polar surface area (TPSA) is 105 Å². The standard InChI is InChI=1S/C17H25FN2O5S/c1-15(2,3)26(24)19-17(6,16(4,5)14(21)25-7)12-10-11(20(22)23)8-9-13(12)18/h8-10,19H,1-7H3/t17?,26-/m1/s1. The van der Waals surface area contributed by atoms with Crippen molar-refractivity contribution in [1.82, 2.24) is 4.72 Å². The molecule has 146 valence electrons. The highest BCUT2D eigenvalue weighted by atomic mass is 32.2. The summed E-state index contributed by atoms with van der Waals surface area (Å²) >= 11 is -1.69. The third-order valence-electron chi connectivity index (χ3n) is 4.50. The Bertz CT molecular complexity index is 705. The molecule has 0 aliphatic heterocycles. The molecule has 1 aromatic carbocycles. The molecule has 1 N–H and O–H groups in total. The van der Waals surface area contributed by atoms with E-state index in [4.69, 9.17) is 4.74 Å². The van der Waals surface area contributed by atoms with Gasteiger partial charge in [-0.2, -0.15) is 0 Å². The average Bonchev–Trinajstić information content (AvgIpc) is 2.52. The van der Waals surface area contributed by atoms with Crippen molar-refractivity contribution in [2.45, 2.75) is 51.8 Å². The lowest BCUT2D eigenvalue weighted by atomic mass is 9.69. The Morgan fingerprint density at radius 1 is 1.23 bits per heavy atom. The van der Waals surface area contributed by atoms with E-state index in [1.807, 2.05) is 0 Å². The zero-order chi connectivity index (χ0) is 20.5. The summed E-state index contributed by atoms with van der Waals surface area (Å²) in [5.41, 5.74) is -3.41. The van der Waals surface area contributed by atoms with Gasteiger partial charge in [0.15, 0.2) is 0 Å². The first-order valence-electron chi connectivity index (χ1n) is 7.91. The van der Waals surface area contributed by atoms with Crippen LogP contribution in [0.15, 0.2) is 18.2 Å². The van der Waals surface area contributed by atoms with Gasteiger partial charge in [0.05, 0.1) is 17.4 Å². The van der Waals surface area contributed by atoms with E-state index in [1.54, 1.807) is 20.8 Å². The molecular weight excluding hydrogens is 363 g/mol. The molecule has 1 aromatic rings. The number of ether oxygens (including phenoxy) is 1. The summed E-state index contributed by atoms with van der Waals surface area (Å²) in [5, 5.41) is 11.1. The maximum atomic E-state index is 14.7. The van der Waals surface area contributed by atoms with Crippen molar-refractivity contribution in [2.75, 3.05) is 7.11 Å². The molecule has 0 aromatic heterocycles. The molecule has 9 heteroatoms. The van der Waals surface area contributed by atoms with Crippen LogP contribution in [-0.2, 0) is 26.4 Å². The highest BCUT2D eigenvalue weighted by molar-refractivity contribution is 7.90. The zero-order valence-corrected chi connectivity index (χ0v) is 16.8. The van der Waals surface area contributed by atoms with Gasteiger partial charge in [0.25, 0.3) is 5.69 Å². The Balaban J connectivity index is 3.68. The van der Waals surface area contributed by atoms with Crippen LogP contribution in [-0.4, -0.2) is 27.3 Å². The molecule has 0 saturated heterocycles. The summed E-state index contributed by atoms with van der Waals surface area (Å²) in [4.78, 5) is 22.9. The fourth-order valence-corrected chi connectivity index (χ4v) is 3.37. The van der Waals surface area contributed by atoms with Crippen LogP contribution in [0.3, 0.4) is 0 Å². The average molecular weight is 388 g/mol. The first-order valence-corrected chi connectivity index (χ1v) is 9.06. The number of nitro benzene ring substituents is 1. The number of carbonyl (C=O) groups is 1. The van der Waals surface area contributed by atoms with E-state index in [9.17, 15) is 23.9 Å². The predicted octanol–water partition coefficient (Wildman–Crippen LogP) is 3.20. The molecular formula is C17H25FN2O5S. The lowest BCUT2D eigenvalue weighted by Crippen LogP contribution is -2.59. The first kappa shape index (κ1) is 22.3. The molecule has 0 radical (unpaired) electrons. The van der Waals surface area contributed by atoms with Gasteiger partial charge in [0.1, 0.15) is 16.1 Å². The summed E-state index contributed by atoms with van der Waals surface area (Å²) in [6, 6.07) is 3.04. The van der Waals surface area contributed by atoms with Crippen molar-refractivity contribution in [1.29, 1.82) is 0 Å². The normalized spacial score (nSPS) is 15.9. The van der Waals surface area contributed by atoms with Gasteiger partial charge in [-0.15, -0.1) is 4.72 Å². The summed E-state index contributed by atoms with van der Waals surface area (Å²) in [6.07, 6.45) is 0. The van der Waals surface area contributed by atoms with Crippen LogP contribution >= 0.6 is 0 Å². The number of nitrogens with one attached hydrogen (secondary N) is 1. The SMILES string of the molecule is COC(=O)C(C)(C)C(C)(N[S@+]([O-])C(C)(C)C)c1cc([N+](=O)[O-])ccc1F. The van der Waals surface area contributed by atoms with Crippen LogP contribution in [0.25, 0.3) is 0 Å². The van der Waals surface area contributed by atoms with E-state index in [1.165, 1.54) is 27.9 Å². The molecule has 0 saturated carbocycles. The summed E-state index contributed by atoms with van der Waals surface area (Å²) in [5.74, 6) is -1.43. The fraction of sp³-hybridized carbons (Fsp3) is 0.588. The predicted molar refractivity (Wildman–Crippen MR) is 97.2 cm³/mol. The maximum Gasteiger partial charge on any atom is 0.313 e. The minimum absolute atomic E-state index is 0.139. The summed E-state index contributed by atoms with van der Waals surface area (Å²) in [7, 11) is 1.19. The molecule has 1 unspecified atom stereocenters. The first-order chi connectivity index (χ1) is 11.7. The van der Waals surface area contributed by atoms with Gasteiger partial charge in [0.2, 0.25) is 0 Å². The van der Waals surface area contributed by atoms with Crippen molar-refractivity contribution in [2.24, 2.45) is 5.41 Å². The number of hydrogen-bond donors (Lipinski definition) is 1. The third kappa shape index (κ3) is 4.16. The molecule has 0 spiro atoms. The number of benzene rings is 1. The molecule has 0 aliphatic carbocycles. The second-order valence-corrected chi connectivity index (χ2v) is 9.61. The van der Waals surface area contributed by atoms with E-state index in [0.717, 1.165) is 18.2 Å². The third-order valence-corrected chi connectivity index (χ3v) is 6.20. The number of non-ortho nitro benzene ring substituents is 1. The maximum absolute atomic E-state index is 14.7.